The van der Waals surface area contributed by atoms with Crippen molar-refractivity contribution in [2.24, 2.45) is 28.6 Å². The molecule has 1 aromatic carbocycles. The summed E-state index contributed by atoms with van der Waals surface area (Å²) in [5.41, 5.74) is 0.584. The highest BCUT2D eigenvalue weighted by atomic mass is 16.5. The van der Waals surface area contributed by atoms with E-state index in [4.69, 9.17) is 4.74 Å². The molecular formula is C24H28O3. The molecule has 3 heteroatoms. The molecule has 1 aromatic rings. The average molecular weight is 364 g/mol. The van der Waals surface area contributed by atoms with Crippen LogP contribution in [0.4, 0.5) is 0 Å². The van der Waals surface area contributed by atoms with Gasteiger partial charge in [-0.25, -0.2) is 0 Å². The quantitative estimate of drug-likeness (QED) is 0.726. The number of fused-ring (bicyclic) bond motifs is 2. The first-order valence-electron chi connectivity index (χ1n) is 10.3. The zero-order chi connectivity index (χ0) is 19.0. The molecule has 0 unspecified atom stereocenters. The van der Waals surface area contributed by atoms with Gasteiger partial charge in [0, 0.05) is 35.0 Å². The fraction of sp³-hybridized carbons (Fsp3) is 0.583. The third-order valence-corrected chi connectivity index (χ3v) is 8.69. The van der Waals surface area contributed by atoms with Gasteiger partial charge in [-0.2, -0.15) is 0 Å². The number of ether oxygens (including phenoxy) is 1. The maximum atomic E-state index is 13.4. The van der Waals surface area contributed by atoms with E-state index < -0.39 is 0 Å². The molecule has 27 heavy (non-hydrogen) atoms. The first-order valence-corrected chi connectivity index (χ1v) is 10.3. The van der Waals surface area contributed by atoms with E-state index in [1.54, 1.807) is 7.11 Å². The Morgan fingerprint density at radius 2 is 1.70 bits per heavy atom. The molecule has 0 saturated heterocycles. The largest absolute Gasteiger partial charge is 0.497 e. The maximum absolute atomic E-state index is 13.4. The van der Waals surface area contributed by atoms with Gasteiger partial charge in [0.15, 0.2) is 0 Å². The Balaban J connectivity index is 1.77. The van der Waals surface area contributed by atoms with Crippen LogP contribution in [0.15, 0.2) is 36.4 Å². The minimum atomic E-state index is -0.364. The van der Waals surface area contributed by atoms with Crippen molar-refractivity contribution < 1.29 is 14.3 Å². The van der Waals surface area contributed by atoms with Gasteiger partial charge in [0.05, 0.1) is 7.11 Å². The molecule has 0 spiro atoms. The number of rotatable bonds is 2. The summed E-state index contributed by atoms with van der Waals surface area (Å²) in [4.78, 5) is 26.8. The number of carbonyl (C=O) groups is 2. The van der Waals surface area contributed by atoms with E-state index in [0.29, 0.717) is 18.0 Å². The van der Waals surface area contributed by atoms with Crippen LogP contribution in [0.25, 0.3) is 0 Å². The first kappa shape index (κ1) is 17.2. The van der Waals surface area contributed by atoms with Crippen molar-refractivity contribution >= 4 is 11.6 Å². The Kier molecular flexibility index (Phi) is 3.40. The molecule has 2 bridgehead atoms. The Morgan fingerprint density at radius 1 is 1.00 bits per heavy atom. The molecule has 0 N–H and O–H groups in total. The maximum Gasteiger partial charge on any atom is 0.140 e. The van der Waals surface area contributed by atoms with Crippen molar-refractivity contribution in [3.63, 3.8) is 0 Å². The number of Topliss-reactive ketones (excluding diaryl/α,β-unsaturated/α-hetero) is 2. The number of hydrogen-bond acceptors (Lipinski definition) is 3. The van der Waals surface area contributed by atoms with E-state index >= 15 is 0 Å². The average Bonchev–Trinajstić information content (AvgIpc) is 3.06. The summed E-state index contributed by atoms with van der Waals surface area (Å²) < 4.78 is 5.36. The van der Waals surface area contributed by atoms with Gasteiger partial charge in [-0.1, -0.05) is 51.0 Å². The smallest absolute Gasteiger partial charge is 0.140 e. The molecule has 142 valence electrons. The van der Waals surface area contributed by atoms with Crippen LogP contribution in [0.1, 0.15) is 51.5 Å². The molecule has 3 nitrogen and oxygen atoms in total. The third kappa shape index (κ3) is 1.75. The van der Waals surface area contributed by atoms with E-state index in [0.717, 1.165) is 25.0 Å². The molecule has 6 atom stereocenters. The lowest BCUT2D eigenvalue weighted by Crippen LogP contribution is -2.49. The van der Waals surface area contributed by atoms with Gasteiger partial charge < -0.3 is 4.74 Å². The Labute approximate surface area is 161 Å². The first-order chi connectivity index (χ1) is 12.9. The van der Waals surface area contributed by atoms with Crippen molar-refractivity contribution in [3.05, 3.63) is 42.0 Å². The van der Waals surface area contributed by atoms with Gasteiger partial charge >= 0.3 is 0 Å². The van der Waals surface area contributed by atoms with Gasteiger partial charge in [0.1, 0.15) is 17.3 Å². The lowest BCUT2D eigenvalue weighted by Gasteiger charge is -2.50. The monoisotopic (exact) mass is 364 g/mol. The van der Waals surface area contributed by atoms with Gasteiger partial charge in [0.2, 0.25) is 0 Å². The standard InChI is InChI=1S/C24H28O3/c1-15-14-18(25)19-20(21(15)26)23-11-5-4-10-22(23,2)24(19,13-12-23)16-6-8-17(27-3)9-7-16/h6-9,12-13,15,19-20H,4-5,10-11,14H2,1-3H3/t15-,19-,20-,22+,23+,24-/m1/s1. The molecule has 0 radical (unpaired) electrons. The van der Waals surface area contributed by atoms with Gasteiger partial charge in [-0.15, -0.1) is 0 Å². The Bertz CT molecular complexity index is 853. The highest BCUT2D eigenvalue weighted by molar-refractivity contribution is 6.01. The zero-order valence-corrected chi connectivity index (χ0v) is 16.5. The Morgan fingerprint density at radius 3 is 2.41 bits per heavy atom. The number of hydrogen-bond donors (Lipinski definition) is 0. The number of carbonyl (C=O) groups excluding carboxylic acids is 2. The molecule has 0 amide bonds. The number of ketones is 2. The van der Waals surface area contributed by atoms with Gasteiger partial charge in [0.25, 0.3) is 0 Å². The van der Waals surface area contributed by atoms with Crippen LogP contribution in [-0.4, -0.2) is 18.7 Å². The lowest BCUT2D eigenvalue weighted by molar-refractivity contribution is -0.144. The van der Waals surface area contributed by atoms with E-state index in [1.165, 1.54) is 12.0 Å². The summed E-state index contributed by atoms with van der Waals surface area (Å²) in [6.07, 6.45) is 9.51. The van der Waals surface area contributed by atoms with Gasteiger partial charge in [-0.3, -0.25) is 9.59 Å². The van der Waals surface area contributed by atoms with Crippen LogP contribution in [0.5, 0.6) is 5.75 Å². The zero-order valence-electron chi connectivity index (χ0n) is 16.5. The predicted molar refractivity (Wildman–Crippen MR) is 104 cm³/mol. The molecule has 3 saturated carbocycles. The highest BCUT2D eigenvalue weighted by Gasteiger charge is 2.78. The van der Waals surface area contributed by atoms with Crippen molar-refractivity contribution in [1.29, 1.82) is 0 Å². The summed E-state index contributed by atoms with van der Waals surface area (Å²) in [6.45, 7) is 4.31. The van der Waals surface area contributed by atoms with Crippen molar-refractivity contribution in [3.8, 4) is 5.75 Å². The van der Waals surface area contributed by atoms with Crippen LogP contribution in [0, 0.1) is 28.6 Å². The fourth-order valence-electron chi connectivity index (χ4n) is 7.49. The van der Waals surface area contributed by atoms with Crippen LogP contribution >= 0.6 is 0 Å². The number of benzene rings is 1. The third-order valence-electron chi connectivity index (χ3n) is 8.69. The van der Waals surface area contributed by atoms with Crippen LogP contribution in [-0.2, 0) is 15.0 Å². The minimum Gasteiger partial charge on any atom is -0.497 e. The number of allylic oxidation sites excluding steroid dienone is 2. The minimum absolute atomic E-state index is 0.0719. The van der Waals surface area contributed by atoms with Crippen LogP contribution in [0.2, 0.25) is 0 Å². The summed E-state index contributed by atoms with van der Waals surface area (Å²) >= 11 is 0. The summed E-state index contributed by atoms with van der Waals surface area (Å²) in [7, 11) is 1.67. The fourth-order valence-corrected chi connectivity index (χ4v) is 7.49. The normalized spacial score (nSPS) is 44.9. The predicted octanol–water partition coefficient (Wildman–Crippen LogP) is 4.49. The summed E-state index contributed by atoms with van der Waals surface area (Å²) in [6, 6.07) is 8.24. The molecular weight excluding hydrogens is 336 g/mol. The molecule has 0 aromatic heterocycles. The van der Waals surface area contributed by atoms with E-state index in [9.17, 15) is 9.59 Å². The second kappa shape index (κ2) is 5.33. The Hall–Kier alpha value is -1.90. The summed E-state index contributed by atoms with van der Waals surface area (Å²) in [5.74, 6) is 0.954. The van der Waals surface area contributed by atoms with Crippen molar-refractivity contribution in [2.45, 2.75) is 51.4 Å². The van der Waals surface area contributed by atoms with Crippen LogP contribution in [0.3, 0.4) is 0 Å². The molecule has 4 aliphatic rings. The molecule has 3 fully saturated rings. The molecule has 4 aliphatic carbocycles. The highest BCUT2D eigenvalue weighted by Crippen LogP contribution is 2.79. The van der Waals surface area contributed by atoms with Crippen molar-refractivity contribution in [1.82, 2.24) is 0 Å². The molecule has 0 aliphatic heterocycles. The lowest BCUT2D eigenvalue weighted by atomic mass is 9.52. The van der Waals surface area contributed by atoms with E-state index in [2.05, 4.69) is 31.2 Å². The van der Waals surface area contributed by atoms with E-state index in [-0.39, 0.29) is 34.0 Å². The second-order valence-corrected chi connectivity index (χ2v) is 9.44. The molecule has 0 heterocycles. The van der Waals surface area contributed by atoms with Crippen LogP contribution < -0.4 is 4.74 Å². The summed E-state index contributed by atoms with van der Waals surface area (Å²) in [5, 5.41) is 0. The number of methoxy groups -OCH3 is 1. The van der Waals surface area contributed by atoms with E-state index in [1.807, 2.05) is 19.1 Å². The van der Waals surface area contributed by atoms with Crippen molar-refractivity contribution in [2.75, 3.05) is 7.11 Å². The van der Waals surface area contributed by atoms with Gasteiger partial charge in [-0.05, 0) is 36.0 Å². The topological polar surface area (TPSA) is 43.4 Å². The second-order valence-electron chi connectivity index (χ2n) is 9.44. The SMILES string of the molecule is COc1ccc([C@@]23C=C[C@@]4(CCCC[C@@]42C)[C@H]2C(=O)[C@H](C)CC(=O)[C@H]23)cc1. The molecule has 5 rings (SSSR count).